The molecule has 0 aliphatic heterocycles. The molecule has 39 valence electrons. The monoisotopic (exact) mass is 117 g/mol. The summed E-state index contributed by atoms with van der Waals surface area (Å²) in [5, 5.41) is 0. The maximum atomic E-state index is 10.0. The Labute approximate surface area is 46.3 Å². The summed E-state index contributed by atoms with van der Waals surface area (Å²) in [6.45, 7) is 1.43. The predicted octanol–water partition coefficient (Wildman–Crippen LogP) is 0.376. The molecule has 0 unspecified atom stereocenters. The summed E-state index contributed by atoms with van der Waals surface area (Å²) in [4.78, 5) is 19.4. The molecule has 7 heavy (non-hydrogen) atoms. The first-order valence-electron chi connectivity index (χ1n) is 1.75. The van der Waals surface area contributed by atoms with E-state index in [9.17, 15) is 9.59 Å². The lowest BCUT2D eigenvalue weighted by Crippen LogP contribution is -1.91. The van der Waals surface area contributed by atoms with E-state index in [4.69, 9.17) is 0 Å². The van der Waals surface area contributed by atoms with Crippen molar-refractivity contribution in [3.8, 4) is 0 Å². The van der Waals surface area contributed by atoms with E-state index in [-0.39, 0.29) is 11.5 Å². The molecule has 0 rings (SSSR count). The molecule has 0 aromatic rings. The molecule has 0 saturated carbocycles. The minimum Gasteiger partial charge on any atom is -0.299 e. The molecule has 1 radical (unpaired) electrons. The van der Waals surface area contributed by atoms with Crippen LogP contribution in [-0.4, -0.2) is 17.2 Å². The Hall–Kier alpha value is -0.310. The third-order valence-electron chi connectivity index (χ3n) is 0.334. The Kier molecular flexibility index (Phi) is 3.69. The molecular formula is C4H5O2S. The van der Waals surface area contributed by atoms with Crippen LogP contribution in [0.2, 0.25) is 0 Å². The Bertz CT molecular complexity index is 79.8. The van der Waals surface area contributed by atoms with Crippen LogP contribution in [-0.2, 0) is 9.59 Å². The summed E-state index contributed by atoms with van der Waals surface area (Å²) in [7, 11) is 0. The number of hydrogen-bond donors (Lipinski definition) is 0. The van der Waals surface area contributed by atoms with E-state index in [2.05, 4.69) is 0 Å². The van der Waals surface area contributed by atoms with Crippen LogP contribution in [0.15, 0.2) is 0 Å². The molecule has 0 bridgehead atoms. The molecule has 0 amide bonds. The first-order chi connectivity index (χ1) is 3.27. The van der Waals surface area contributed by atoms with Crippen LogP contribution < -0.4 is 0 Å². The van der Waals surface area contributed by atoms with E-state index in [0.717, 1.165) is 11.8 Å². The second kappa shape index (κ2) is 3.87. The van der Waals surface area contributed by atoms with Crippen LogP contribution >= 0.6 is 11.8 Å². The zero-order valence-electron chi connectivity index (χ0n) is 3.93. The van der Waals surface area contributed by atoms with E-state index < -0.39 is 0 Å². The van der Waals surface area contributed by atoms with Gasteiger partial charge in [-0.15, -0.1) is 0 Å². The Morgan fingerprint density at radius 2 is 2.43 bits per heavy atom. The predicted molar refractivity (Wildman–Crippen MR) is 28.8 cm³/mol. The van der Waals surface area contributed by atoms with Crippen molar-refractivity contribution in [3.63, 3.8) is 0 Å². The van der Waals surface area contributed by atoms with Gasteiger partial charge in [0.05, 0.1) is 5.75 Å². The summed E-state index contributed by atoms with van der Waals surface area (Å²) in [5.74, 6) is 0.261. The van der Waals surface area contributed by atoms with Gasteiger partial charge in [0.2, 0.25) is 0 Å². The fourth-order valence-corrected chi connectivity index (χ4v) is 0.393. The zero-order valence-corrected chi connectivity index (χ0v) is 4.75. The average Bonchev–Trinajstić information content (AvgIpc) is 1.61. The number of carbonyl (C=O) groups is 1. The van der Waals surface area contributed by atoms with E-state index in [1.54, 1.807) is 5.62 Å². The van der Waals surface area contributed by atoms with Crippen LogP contribution in [0, 0.1) is 0 Å². The summed E-state index contributed by atoms with van der Waals surface area (Å²) in [6.07, 6.45) is 0. The molecule has 0 heterocycles. The van der Waals surface area contributed by atoms with Gasteiger partial charge >= 0.3 is 0 Å². The van der Waals surface area contributed by atoms with Gasteiger partial charge in [-0.3, -0.25) is 9.59 Å². The summed E-state index contributed by atoms with van der Waals surface area (Å²) in [6, 6.07) is 0. The van der Waals surface area contributed by atoms with Crippen molar-refractivity contribution < 1.29 is 9.59 Å². The van der Waals surface area contributed by atoms with Gasteiger partial charge in [0.1, 0.15) is 5.78 Å². The summed E-state index contributed by atoms with van der Waals surface area (Å²) < 4.78 is 0. The highest BCUT2D eigenvalue weighted by atomic mass is 32.2. The number of carbonyl (C=O) groups excluding carboxylic acids is 2. The van der Waals surface area contributed by atoms with Crippen LogP contribution in [0.25, 0.3) is 0 Å². The van der Waals surface area contributed by atoms with Crippen molar-refractivity contribution >= 4 is 23.2 Å². The van der Waals surface area contributed by atoms with Gasteiger partial charge in [0.15, 0.2) is 0 Å². The molecule has 0 N–H and O–H groups in total. The van der Waals surface area contributed by atoms with Gasteiger partial charge in [-0.1, -0.05) is 11.8 Å². The molecule has 0 aromatic carbocycles. The number of Topliss-reactive ketones (excluding diaryl/α,β-unsaturated/α-hetero) is 1. The molecule has 0 aliphatic rings. The molecule has 0 spiro atoms. The fraction of sp³-hybridized carbons (Fsp3) is 0.500. The molecule has 0 aromatic heterocycles. The Morgan fingerprint density at radius 3 is 2.57 bits per heavy atom. The third kappa shape index (κ3) is 5.69. The third-order valence-corrected chi connectivity index (χ3v) is 1.00. The number of ketones is 1. The minimum atomic E-state index is 0.00773. The van der Waals surface area contributed by atoms with Crippen molar-refractivity contribution in [1.29, 1.82) is 0 Å². The normalized spacial score (nSPS) is 8.14. The molecule has 3 heteroatoms. The van der Waals surface area contributed by atoms with Gasteiger partial charge in [-0.05, 0) is 6.92 Å². The van der Waals surface area contributed by atoms with Gasteiger partial charge < -0.3 is 0 Å². The Morgan fingerprint density at radius 1 is 1.86 bits per heavy atom. The molecular weight excluding hydrogens is 112 g/mol. The molecule has 0 fully saturated rings. The van der Waals surface area contributed by atoms with Crippen molar-refractivity contribution in [2.24, 2.45) is 0 Å². The maximum Gasteiger partial charge on any atom is 0.266 e. The SMILES string of the molecule is CC(=O)CS[C]=O. The van der Waals surface area contributed by atoms with E-state index in [1.807, 2.05) is 0 Å². The second-order valence-electron chi connectivity index (χ2n) is 1.07. The highest BCUT2D eigenvalue weighted by Crippen LogP contribution is 1.90. The van der Waals surface area contributed by atoms with Crippen LogP contribution in [0.4, 0.5) is 0 Å². The standard InChI is InChI=1S/C4H5O2S/c1-4(6)2-7-3-5/h2H2,1H3. The second-order valence-corrected chi connectivity index (χ2v) is 1.82. The van der Waals surface area contributed by atoms with Crippen LogP contribution in [0.1, 0.15) is 6.92 Å². The Balaban J connectivity index is 2.97. The van der Waals surface area contributed by atoms with E-state index >= 15 is 0 Å². The van der Waals surface area contributed by atoms with Crippen LogP contribution in [0.3, 0.4) is 0 Å². The first kappa shape index (κ1) is 6.69. The van der Waals surface area contributed by atoms with Gasteiger partial charge in [0, 0.05) is 0 Å². The highest BCUT2D eigenvalue weighted by molar-refractivity contribution is 8.12. The molecule has 0 aliphatic carbocycles. The van der Waals surface area contributed by atoms with Crippen molar-refractivity contribution in [3.05, 3.63) is 0 Å². The smallest absolute Gasteiger partial charge is 0.266 e. The topological polar surface area (TPSA) is 34.1 Å². The quantitative estimate of drug-likeness (QED) is 0.535. The lowest BCUT2D eigenvalue weighted by Gasteiger charge is -1.79. The minimum absolute atomic E-state index is 0.00773. The van der Waals surface area contributed by atoms with Crippen molar-refractivity contribution in [2.45, 2.75) is 6.92 Å². The molecule has 0 saturated heterocycles. The van der Waals surface area contributed by atoms with Crippen molar-refractivity contribution in [1.82, 2.24) is 0 Å². The summed E-state index contributed by atoms with van der Waals surface area (Å²) in [5.41, 5.74) is 1.54. The maximum absolute atomic E-state index is 10.0. The average molecular weight is 117 g/mol. The van der Waals surface area contributed by atoms with Gasteiger partial charge in [0.25, 0.3) is 5.62 Å². The molecule has 2 nitrogen and oxygen atoms in total. The zero-order chi connectivity index (χ0) is 5.70. The van der Waals surface area contributed by atoms with E-state index in [1.165, 1.54) is 6.92 Å². The van der Waals surface area contributed by atoms with E-state index in [0.29, 0.717) is 0 Å². The highest BCUT2D eigenvalue weighted by Gasteiger charge is 1.89. The fourth-order valence-electron chi connectivity index (χ4n) is 0.131. The van der Waals surface area contributed by atoms with Gasteiger partial charge in [-0.2, -0.15) is 0 Å². The first-order valence-corrected chi connectivity index (χ1v) is 2.74. The lowest BCUT2D eigenvalue weighted by atomic mass is 10.5. The molecule has 0 atom stereocenters. The van der Waals surface area contributed by atoms with Crippen molar-refractivity contribution in [2.75, 3.05) is 5.75 Å². The van der Waals surface area contributed by atoms with Gasteiger partial charge in [-0.25, -0.2) is 0 Å². The number of rotatable bonds is 3. The lowest BCUT2D eigenvalue weighted by molar-refractivity contribution is -0.114. The largest absolute Gasteiger partial charge is 0.299 e. The number of hydrogen-bond acceptors (Lipinski definition) is 3. The number of thioether (sulfide) groups is 1. The summed E-state index contributed by atoms with van der Waals surface area (Å²) >= 11 is 0.861. The van der Waals surface area contributed by atoms with Crippen LogP contribution in [0.5, 0.6) is 0 Å².